The van der Waals surface area contributed by atoms with Crippen LogP contribution in [0, 0.1) is 27.7 Å². The number of aromatic carboxylic acids is 2. The van der Waals surface area contributed by atoms with Gasteiger partial charge in [0, 0.05) is 0 Å². The molecule has 6 aromatic carbocycles. The minimum Gasteiger partial charge on any atom is -0.488 e. The Balaban J connectivity index is 1.31. The Morgan fingerprint density at radius 3 is 1.18 bits per heavy atom. The third-order valence-electron chi connectivity index (χ3n) is 9.91. The molecule has 6 aromatic rings. The van der Waals surface area contributed by atoms with Crippen LogP contribution in [0.5, 0.6) is 11.5 Å². The van der Waals surface area contributed by atoms with Gasteiger partial charge in [0.25, 0.3) is 0 Å². The Bertz CT molecular complexity index is 2090. The van der Waals surface area contributed by atoms with Crippen LogP contribution in [0.4, 0.5) is 0 Å². The third-order valence-corrected chi connectivity index (χ3v) is 9.91. The molecule has 0 aromatic heterocycles. The molecule has 254 valence electrons. The molecule has 0 amide bonds. The molecule has 0 heterocycles. The van der Waals surface area contributed by atoms with Gasteiger partial charge in [0.1, 0.15) is 24.7 Å². The molecule has 0 unspecified atom stereocenters. The van der Waals surface area contributed by atoms with Crippen molar-refractivity contribution in [3.8, 4) is 22.6 Å². The summed E-state index contributed by atoms with van der Waals surface area (Å²) in [5, 5.41) is 18.6. The van der Waals surface area contributed by atoms with E-state index >= 15 is 0 Å². The van der Waals surface area contributed by atoms with Gasteiger partial charge in [-0.1, -0.05) is 97.1 Å². The minimum absolute atomic E-state index is 0.246. The van der Waals surface area contributed by atoms with Gasteiger partial charge in [0.05, 0.1) is 16.5 Å². The number of benzene rings is 6. The Morgan fingerprint density at radius 1 is 0.510 bits per heavy atom. The molecule has 0 saturated heterocycles. The normalized spacial score (nSPS) is 12.5. The Morgan fingerprint density at radius 2 is 0.843 bits per heavy atom. The number of carbonyl (C=O) groups is 2. The number of rotatable bonds is 10. The SMILES string of the molecule is Cc1cc(C2(c3cc(C)c(OCc4ccc(C(=O)O)cc4)c(C)c3)c3ccccc3-c3ccccc32)cc(C)c1OCc1ccc(C(=O)O)cc1. The van der Waals surface area contributed by atoms with Crippen molar-refractivity contribution >= 4 is 11.9 Å². The van der Waals surface area contributed by atoms with E-state index in [-0.39, 0.29) is 11.1 Å². The van der Waals surface area contributed by atoms with Crippen molar-refractivity contribution in [1.82, 2.24) is 0 Å². The van der Waals surface area contributed by atoms with Gasteiger partial charge in [0.2, 0.25) is 0 Å². The fourth-order valence-corrected chi connectivity index (χ4v) is 7.61. The molecule has 0 fully saturated rings. The van der Waals surface area contributed by atoms with Crippen LogP contribution in [0.1, 0.15) is 76.4 Å². The first-order chi connectivity index (χ1) is 24.6. The summed E-state index contributed by atoms with van der Waals surface area (Å²) in [7, 11) is 0. The smallest absolute Gasteiger partial charge is 0.335 e. The number of fused-ring (bicyclic) bond motifs is 3. The third kappa shape index (κ3) is 5.93. The van der Waals surface area contributed by atoms with E-state index in [2.05, 4.69) is 100 Å². The van der Waals surface area contributed by atoms with Crippen LogP contribution < -0.4 is 9.47 Å². The molecule has 0 aliphatic heterocycles. The number of ether oxygens (including phenoxy) is 2. The number of carboxylic acids is 2. The maximum absolute atomic E-state index is 11.3. The molecule has 6 heteroatoms. The van der Waals surface area contributed by atoms with E-state index in [1.807, 2.05) is 0 Å². The summed E-state index contributed by atoms with van der Waals surface area (Å²) in [6, 6.07) is 39.8. The average Bonchev–Trinajstić information content (AvgIpc) is 3.42. The van der Waals surface area contributed by atoms with Crippen LogP contribution in [-0.2, 0) is 18.6 Å². The van der Waals surface area contributed by atoms with Crippen molar-refractivity contribution in [2.45, 2.75) is 46.3 Å². The average molecular weight is 675 g/mol. The summed E-state index contributed by atoms with van der Waals surface area (Å²) in [4.78, 5) is 22.6. The van der Waals surface area contributed by atoms with Crippen LogP contribution in [0.25, 0.3) is 11.1 Å². The topological polar surface area (TPSA) is 93.1 Å². The fourth-order valence-electron chi connectivity index (χ4n) is 7.61. The first-order valence-electron chi connectivity index (χ1n) is 16.9. The van der Waals surface area contributed by atoms with Crippen LogP contribution >= 0.6 is 0 Å². The van der Waals surface area contributed by atoms with Gasteiger partial charge in [-0.2, -0.15) is 0 Å². The molecule has 51 heavy (non-hydrogen) atoms. The zero-order chi connectivity index (χ0) is 35.9. The monoisotopic (exact) mass is 674 g/mol. The largest absolute Gasteiger partial charge is 0.488 e. The van der Waals surface area contributed by atoms with Gasteiger partial charge in [0.15, 0.2) is 0 Å². The molecule has 6 nitrogen and oxygen atoms in total. The van der Waals surface area contributed by atoms with Crippen molar-refractivity contribution in [2.24, 2.45) is 0 Å². The van der Waals surface area contributed by atoms with Crippen LogP contribution in [0.15, 0.2) is 121 Å². The molecule has 7 rings (SSSR count). The highest BCUT2D eigenvalue weighted by Gasteiger charge is 2.46. The van der Waals surface area contributed by atoms with Gasteiger partial charge in [-0.25, -0.2) is 9.59 Å². The summed E-state index contributed by atoms with van der Waals surface area (Å²) in [5.41, 5.74) is 12.8. The van der Waals surface area contributed by atoms with Gasteiger partial charge < -0.3 is 19.7 Å². The second-order valence-corrected chi connectivity index (χ2v) is 13.3. The van der Waals surface area contributed by atoms with E-state index in [9.17, 15) is 19.8 Å². The summed E-state index contributed by atoms with van der Waals surface area (Å²) in [6.45, 7) is 8.96. The first kappa shape index (κ1) is 33.4. The zero-order valence-electron chi connectivity index (χ0n) is 29.0. The van der Waals surface area contributed by atoms with E-state index in [1.54, 1.807) is 48.5 Å². The van der Waals surface area contributed by atoms with Gasteiger partial charge in [-0.15, -0.1) is 0 Å². The summed E-state index contributed by atoms with van der Waals surface area (Å²) in [5.74, 6) is -0.288. The van der Waals surface area contributed by atoms with Crippen molar-refractivity contribution in [2.75, 3.05) is 0 Å². The molecule has 0 atom stereocenters. The highest BCUT2D eigenvalue weighted by molar-refractivity contribution is 5.88. The van der Waals surface area contributed by atoms with Gasteiger partial charge in [-0.3, -0.25) is 0 Å². The molecule has 1 aliphatic carbocycles. The quantitative estimate of drug-likeness (QED) is 0.150. The van der Waals surface area contributed by atoms with Gasteiger partial charge >= 0.3 is 11.9 Å². The van der Waals surface area contributed by atoms with E-state index in [0.717, 1.165) is 56.0 Å². The number of carboxylic acid groups (broad SMARTS) is 2. The maximum Gasteiger partial charge on any atom is 0.335 e. The number of hydrogen-bond donors (Lipinski definition) is 2. The number of hydrogen-bond acceptors (Lipinski definition) is 4. The van der Waals surface area contributed by atoms with Crippen molar-refractivity contribution in [3.63, 3.8) is 0 Å². The van der Waals surface area contributed by atoms with E-state index in [0.29, 0.717) is 13.2 Å². The lowest BCUT2D eigenvalue weighted by atomic mass is 9.66. The van der Waals surface area contributed by atoms with E-state index < -0.39 is 17.4 Å². The first-order valence-corrected chi connectivity index (χ1v) is 16.9. The van der Waals surface area contributed by atoms with Crippen LogP contribution in [0.3, 0.4) is 0 Å². The molecule has 2 N–H and O–H groups in total. The number of aryl methyl sites for hydroxylation is 4. The van der Waals surface area contributed by atoms with Gasteiger partial charge in [-0.05, 0) is 119 Å². The van der Waals surface area contributed by atoms with Crippen molar-refractivity contribution in [3.05, 3.63) is 188 Å². The van der Waals surface area contributed by atoms with E-state index in [1.165, 1.54) is 22.3 Å². The second kappa shape index (κ2) is 13.3. The lowest BCUT2D eigenvalue weighted by molar-refractivity contribution is 0.0686. The van der Waals surface area contributed by atoms with Crippen LogP contribution in [0.2, 0.25) is 0 Å². The van der Waals surface area contributed by atoms with Crippen LogP contribution in [-0.4, -0.2) is 22.2 Å². The Hall–Kier alpha value is -6.14. The Labute approximate surface area is 297 Å². The highest BCUT2D eigenvalue weighted by atomic mass is 16.5. The van der Waals surface area contributed by atoms with Crippen molar-refractivity contribution < 1.29 is 29.3 Å². The van der Waals surface area contributed by atoms with Crippen molar-refractivity contribution in [1.29, 1.82) is 0 Å². The summed E-state index contributed by atoms with van der Waals surface area (Å²) in [6.07, 6.45) is 0. The molecule has 0 radical (unpaired) electrons. The maximum atomic E-state index is 11.3. The predicted octanol–water partition coefficient (Wildman–Crippen LogP) is 9.84. The predicted molar refractivity (Wildman–Crippen MR) is 198 cm³/mol. The molecule has 0 saturated carbocycles. The Kier molecular flexibility index (Phi) is 8.69. The second-order valence-electron chi connectivity index (χ2n) is 13.3. The van der Waals surface area contributed by atoms with E-state index in [4.69, 9.17) is 9.47 Å². The molecule has 0 spiro atoms. The highest BCUT2D eigenvalue weighted by Crippen LogP contribution is 2.57. The standard InChI is InChI=1S/C45H38O6/c1-27-21-35(22-28(2)41(27)50-25-31-13-17-33(18-14-31)43(46)47)45(39-11-7-5-9-37(39)38-10-6-8-12-40(38)45)36-23-29(3)42(30(4)24-36)51-26-32-15-19-34(20-16-32)44(48)49/h5-24H,25-26H2,1-4H3,(H,46,47)(H,48,49). The lowest BCUT2D eigenvalue weighted by Gasteiger charge is -2.35. The fraction of sp³-hybridized carbons (Fsp3) is 0.156. The summed E-state index contributed by atoms with van der Waals surface area (Å²) < 4.78 is 12.8. The summed E-state index contributed by atoms with van der Waals surface area (Å²) >= 11 is 0. The molecular formula is C45H38O6. The molecular weight excluding hydrogens is 636 g/mol. The minimum atomic E-state index is -0.953. The lowest BCUT2D eigenvalue weighted by Crippen LogP contribution is -2.29. The molecule has 0 bridgehead atoms. The zero-order valence-corrected chi connectivity index (χ0v) is 29.0. The molecule has 1 aliphatic rings.